The highest BCUT2D eigenvalue weighted by molar-refractivity contribution is 7.11. The Morgan fingerprint density at radius 2 is 2.29 bits per heavy atom. The number of thiazole rings is 1. The van der Waals surface area contributed by atoms with Crippen molar-refractivity contribution in [2.75, 3.05) is 11.9 Å². The van der Waals surface area contributed by atoms with Gasteiger partial charge in [0.2, 0.25) is 5.01 Å². The van der Waals surface area contributed by atoms with Crippen LogP contribution in [0.25, 0.3) is 0 Å². The average molecular weight is 301 g/mol. The zero-order chi connectivity index (χ0) is 15.2. The van der Waals surface area contributed by atoms with E-state index in [2.05, 4.69) is 10.3 Å². The summed E-state index contributed by atoms with van der Waals surface area (Å²) >= 11 is 1.05. The maximum absolute atomic E-state index is 12.0. The molecule has 1 amide bonds. The van der Waals surface area contributed by atoms with Gasteiger partial charge in [-0.15, -0.1) is 11.3 Å². The van der Waals surface area contributed by atoms with Gasteiger partial charge in [0.1, 0.15) is 5.69 Å². The van der Waals surface area contributed by atoms with Crippen LogP contribution in [0.5, 0.6) is 0 Å². The Morgan fingerprint density at radius 1 is 1.48 bits per heavy atom. The van der Waals surface area contributed by atoms with Crippen LogP contribution < -0.4 is 5.32 Å². The number of carbonyl (C=O) groups excluding carboxylic acids is 2. The van der Waals surface area contributed by atoms with Crippen LogP contribution in [-0.4, -0.2) is 23.5 Å². The second-order valence-electron chi connectivity index (χ2n) is 3.91. The monoisotopic (exact) mass is 301 g/mol. The summed E-state index contributed by atoms with van der Waals surface area (Å²) < 4.78 is 4.81. The first-order valence-corrected chi connectivity index (χ1v) is 6.96. The molecule has 0 aliphatic carbocycles. The molecule has 6 nitrogen and oxygen atoms in total. The van der Waals surface area contributed by atoms with Gasteiger partial charge < -0.3 is 10.1 Å². The molecule has 2 rings (SSSR count). The Kier molecular flexibility index (Phi) is 4.64. The van der Waals surface area contributed by atoms with Crippen molar-refractivity contribution in [3.63, 3.8) is 0 Å². The number of nitrogens with zero attached hydrogens (tertiary/aromatic N) is 2. The number of carbonyl (C=O) groups is 2. The lowest BCUT2D eigenvalue weighted by atomic mass is 10.2. The highest BCUT2D eigenvalue weighted by atomic mass is 32.1. The van der Waals surface area contributed by atoms with E-state index in [1.807, 2.05) is 6.07 Å². The van der Waals surface area contributed by atoms with Gasteiger partial charge in [-0.3, -0.25) is 4.79 Å². The Bertz CT molecular complexity index is 718. The largest absolute Gasteiger partial charge is 0.461 e. The third-order valence-corrected chi connectivity index (χ3v) is 3.26. The molecule has 106 valence electrons. The van der Waals surface area contributed by atoms with Crippen molar-refractivity contribution in [2.45, 2.75) is 6.92 Å². The van der Waals surface area contributed by atoms with Gasteiger partial charge in [-0.05, 0) is 25.1 Å². The topological polar surface area (TPSA) is 92.1 Å². The van der Waals surface area contributed by atoms with Gasteiger partial charge >= 0.3 is 5.97 Å². The first-order chi connectivity index (χ1) is 10.1. The molecule has 2 aromatic rings. The van der Waals surface area contributed by atoms with Gasteiger partial charge in [-0.1, -0.05) is 6.07 Å². The number of nitriles is 1. The predicted octanol–water partition coefficient (Wildman–Crippen LogP) is 2.44. The van der Waals surface area contributed by atoms with E-state index in [0.717, 1.165) is 11.3 Å². The molecule has 0 atom stereocenters. The van der Waals surface area contributed by atoms with Gasteiger partial charge in [0, 0.05) is 11.1 Å². The molecule has 7 heteroatoms. The highest BCUT2D eigenvalue weighted by Gasteiger charge is 2.16. The van der Waals surface area contributed by atoms with Crippen LogP contribution in [0.15, 0.2) is 29.6 Å². The van der Waals surface area contributed by atoms with Crippen molar-refractivity contribution in [1.29, 1.82) is 5.26 Å². The van der Waals surface area contributed by atoms with E-state index in [9.17, 15) is 9.59 Å². The Balaban J connectivity index is 2.10. The van der Waals surface area contributed by atoms with Crippen LogP contribution in [0.3, 0.4) is 0 Å². The van der Waals surface area contributed by atoms with Crippen LogP contribution in [0.2, 0.25) is 0 Å². The maximum Gasteiger partial charge on any atom is 0.367 e. The fourth-order valence-corrected chi connectivity index (χ4v) is 2.22. The van der Waals surface area contributed by atoms with E-state index in [1.54, 1.807) is 31.2 Å². The molecular formula is C14H11N3O3S. The summed E-state index contributed by atoms with van der Waals surface area (Å²) in [5.74, 6) is -0.995. The normalized spacial score (nSPS) is 9.71. The fraction of sp³-hybridized carbons (Fsp3) is 0.143. The van der Waals surface area contributed by atoms with Gasteiger partial charge in [0.15, 0.2) is 0 Å². The molecule has 0 radical (unpaired) electrons. The Morgan fingerprint density at radius 3 is 3.00 bits per heavy atom. The summed E-state index contributed by atoms with van der Waals surface area (Å²) in [5.41, 5.74) is 1.06. The van der Waals surface area contributed by atoms with Crippen LogP contribution in [0.1, 0.15) is 32.8 Å². The highest BCUT2D eigenvalue weighted by Crippen LogP contribution is 2.14. The molecule has 0 aliphatic heterocycles. The number of amides is 1. The molecular weight excluding hydrogens is 290 g/mol. The zero-order valence-electron chi connectivity index (χ0n) is 11.1. The van der Waals surface area contributed by atoms with Crippen molar-refractivity contribution < 1.29 is 14.3 Å². The quantitative estimate of drug-likeness (QED) is 0.876. The molecule has 0 aliphatic rings. The summed E-state index contributed by atoms with van der Waals surface area (Å²) in [7, 11) is 0. The first-order valence-electron chi connectivity index (χ1n) is 6.08. The van der Waals surface area contributed by atoms with Crippen LogP contribution in [-0.2, 0) is 4.74 Å². The number of anilines is 1. The lowest BCUT2D eigenvalue weighted by Gasteiger charge is -2.02. The smallest absolute Gasteiger partial charge is 0.367 e. The summed E-state index contributed by atoms with van der Waals surface area (Å²) in [6.07, 6.45) is 0. The van der Waals surface area contributed by atoms with Crippen LogP contribution in [0, 0.1) is 11.3 Å². The van der Waals surface area contributed by atoms with Crippen molar-refractivity contribution in [1.82, 2.24) is 4.98 Å². The minimum atomic E-state index is -0.548. The van der Waals surface area contributed by atoms with E-state index in [4.69, 9.17) is 10.00 Å². The number of ether oxygens (including phenoxy) is 1. The van der Waals surface area contributed by atoms with Gasteiger partial charge in [-0.25, -0.2) is 9.78 Å². The molecule has 21 heavy (non-hydrogen) atoms. The number of esters is 1. The third kappa shape index (κ3) is 3.64. The molecule has 0 fully saturated rings. The average Bonchev–Trinajstić information content (AvgIpc) is 2.98. The summed E-state index contributed by atoms with van der Waals surface area (Å²) in [6, 6.07) is 8.51. The van der Waals surface area contributed by atoms with Crippen LogP contribution >= 0.6 is 11.3 Å². The molecule has 0 unspecified atom stereocenters. The SMILES string of the molecule is CCOC(=O)c1nc(C(=O)Nc2cccc(C#N)c2)cs1. The Labute approximate surface area is 125 Å². The van der Waals surface area contributed by atoms with E-state index >= 15 is 0 Å². The summed E-state index contributed by atoms with van der Waals surface area (Å²) in [5, 5.41) is 13.0. The van der Waals surface area contributed by atoms with Crippen molar-refractivity contribution in [3.05, 3.63) is 45.9 Å². The van der Waals surface area contributed by atoms with Crippen molar-refractivity contribution in [2.24, 2.45) is 0 Å². The van der Waals surface area contributed by atoms with E-state index in [0.29, 0.717) is 11.3 Å². The second-order valence-corrected chi connectivity index (χ2v) is 4.76. The fourth-order valence-electron chi connectivity index (χ4n) is 1.53. The molecule has 0 spiro atoms. The second kappa shape index (κ2) is 6.63. The number of aromatic nitrogens is 1. The first kappa shape index (κ1) is 14.7. The number of hydrogen-bond donors (Lipinski definition) is 1. The van der Waals surface area contributed by atoms with E-state index in [-0.39, 0.29) is 17.3 Å². The van der Waals surface area contributed by atoms with Gasteiger partial charge in [0.25, 0.3) is 5.91 Å². The number of nitrogens with one attached hydrogen (secondary N) is 1. The van der Waals surface area contributed by atoms with Crippen LogP contribution in [0.4, 0.5) is 5.69 Å². The molecule has 1 N–H and O–H groups in total. The minimum absolute atomic E-state index is 0.130. The molecule has 0 bridgehead atoms. The molecule has 1 aromatic carbocycles. The molecule has 0 saturated carbocycles. The summed E-state index contributed by atoms with van der Waals surface area (Å²) in [6.45, 7) is 1.95. The zero-order valence-corrected chi connectivity index (χ0v) is 11.9. The van der Waals surface area contributed by atoms with Crippen molar-refractivity contribution in [3.8, 4) is 6.07 Å². The van der Waals surface area contributed by atoms with Gasteiger partial charge in [0.05, 0.1) is 18.2 Å². The summed E-state index contributed by atoms with van der Waals surface area (Å²) in [4.78, 5) is 27.4. The van der Waals surface area contributed by atoms with E-state index in [1.165, 1.54) is 5.38 Å². The third-order valence-electron chi connectivity index (χ3n) is 2.44. The number of rotatable bonds is 4. The number of hydrogen-bond acceptors (Lipinski definition) is 6. The number of benzene rings is 1. The minimum Gasteiger partial charge on any atom is -0.461 e. The molecule has 1 aromatic heterocycles. The lowest BCUT2D eigenvalue weighted by Crippen LogP contribution is -2.13. The van der Waals surface area contributed by atoms with E-state index < -0.39 is 11.9 Å². The molecule has 1 heterocycles. The maximum atomic E-state index is 12.0. The Hall–Kier alpha value is -2.72. The standard InChI is InChI=1S/C14H11N3O3S/c1-2-20-14(19)13-17-11(8-21-13)12(18)16-10-5-3-4-9(6-10)7-15/h3-6,8H,2H2,1H3,(H,16,18). The molecule has 0 saturated heterocycles. The lowest BCUT2D eigenvalue weighted by molar-refractivity contribution is 0.0526. The van der Waals surface area contributed by atoms with Gasteiger partial charge in [-0.2, -0.15) is 5.26 Å². The predicted molar refractivity (Wildman–Crippen MR) is 77.2 cm³/mol. The van der Waals surface area contributed by atoms with Crippen molar-refractivity contribution >= 4 is 28.9 Å².